The monoisotopic (exact) mass is 494 g/mol. The standard InChI is InChI=1S/C30H26N2O5/c33-28-21-11-5-6-12-22(21)29-25(23(18-36-29)30(34)35)26(28)27(32-15-7-2-8-16-32)19-13-14-31-24(17-19)37-20-9-3-1-4-10-20/h1,3-6,9-14,17-18,27,33H,2,7-8,15-16H2,(H,34,35). The maximum absolute atomic E-state index is 12.3. The SMILES string of the molecule is O=C(O)c1coc2c1c(C(c1ccnc(Oc3ccccc3)c1)N1CCCCC1)c(O)c1ccccc12. The minimum atomic E-state index is -1.10. The molecule has 2 aromatic heterocycles. The van der Waals surface area contributed by atoms with Crippen molar-refractivity contribution in [2.24, 2.45) is 0 Å². The fourth-order valence-electron chi connectivity index (χ4n) is 5.39. The molecular weight excluding hydrogens is 468 g/mol. The van der Waals surface area contributed by atoms with Crippen molar-refractivity contribution in [3.05, 3.63) is 95.9 Å². The predicted molar refractivity (Wildman–Crippen MR) is 140 cm³/mol. The summed E-state index contributed by atoms with van der Waals surface area (Å²) in [5.41, 5.74) is 1.87. The van der Waals surface area contributed by atoms with Crippen molar-refractivity contribution in [3.8, 4) is 17.4 Å². The van der Waals surface area contributed by atoms with E-state index < -0.39 is 12.0 Å². The van der Waals surface area contributed by atoms with Gasteiger partial charge in [0.2, 0.25) is 5.88 Å². The van der Waals surface area contributed by atoms with Gasteiger partial charge in [0, 0.05) is 34.0 Å². The van der Waals surface area contributed by atoms with Crippen molar-refractivity contribution in [2.45, 2.75) is 25.3 Å². The molecule has 0 amide bonds. The molecule has 7 nitrogen and oxygen atoms in total. The van der Waals surface area contributed by atoms with Gasteiger partial charge in [-0.3, -0.25) is 4.90 Å². The molecule has 0 aliphatic carbocycles. The number of aromatic hydroxyl groups is 1. The lowest BCUT2D eigenvalue weighted by atomic mass is 9.88. The van der Waals surface area contributed by atoms with Gasteiger partial charge < -0.3 is 19.4 Å². The molecule has 2 N–H and O–H groups in total. The molecule has 0 spiro atoms. The average Bonchev–Trinajstić information content (AvgIpc) is 3.38. The Bertz CT molecular complexity index is 1590. The third-order valence-electron chi connectivity index (χ3n) is 7.04. The molecule has 1 atom stereocenters. The summed E-state index contributed by atoms with van der Waals surface area (Å²) in [5, 5.41) is 23.5. The molecular formula is C30H26N2O5. The number of aromatic nitrogens is 1. The molecule has 3 aromatic carbocycles. The fourth-order valence-corrected chi connectivity index (χ4v) is 5.39. The van der Waals surface area contributed by atoms with Crippen LogP contribution in [0, 0.1) is 0 Å². The van der Waals surface area contributed by atoms with Gasteiger partial charge in [0.15, 0.2) is 0 Å². The Hall–Kier alpha value is -4.36. The van der Waals surface area contributed by atoms with Gasteiger partial charge in [-0.25, -0.2) is 9.78 Å². The van der Waals surface area contributed by atoms with Crippen molar-refractivity contribution in [1.29, 1.82) is 0 Å². The van der Waals surface area contributed by atoms with Gasteiger partial charge in [-0.05, 0) is 49.7 Å². The number of likely N-dealkylation sites (tertiary alicyclic amines) is 1. The van der Waals surface area contributed by atoms with Gasteiger partial charge in [0.05, 0.1) is 6.04 Å². The number of nitrogens with zero attached hydrogens (tertiary/aromatic N) is 2. The Labute approximate surface area is 213 Å². The first-order valence-electron chi connectivity index (χ1n) is 12.4. The van der Waals surface area contributed by atoms with Gasteiger partial charge >= 0.3 is 5.97 Å². The molecule has 6 rings (SSSR count). The summed E-state index contributed by atoms with van der Waals surface area (Å²) in [6, 6.07) is 20.1. The molecule has 5 aromatic rings. The van der Waals surface area contributed by atoms with E-state index in [1.54, 1.807) is 6.20 Å². The third-order valence-corrected chi connectivity index (χ3v) is 7.04. The second-order valence-electron chi connectivity index (χ2n) is 9.31. The smallest absolute Gasteiger partial charge is 0.339 e. The van der Waals surface area contributed by atoms with Crippen LogP contribution in [-0.2, 0) is 0 Å². The Morgan fingerprint density at radius 2 is 1.70 bits per heavy atom. The molecule has 0 radical (unpaired) electrons. The van der Waals surface area contributed by atoms with E-state index in [0.29, 0.717) is 38.9 Å². The van der Waals surface area contributed by atoms with E-state index in [1.165, 1.54) is 6.26 Å². The molecule has 1 unspecified atom stereocenters. The number of phenolic OH excluding ortho intramolecular Hbond substituents is 1. The van der Waals surface area contributed by atoms with Crippen molar-refractivity contribution in [2.75, 3.05) is 13.1 Å². The quantitative estimate of drug-likeness (QED) is 0.269. The maximum Gasteiger partial charge on any atom is 0.339 e. The number of carboxylic acids is 1. The number of hydrogen-bond acceptors (Lipinski definition) is 6. The van der Waals surface area contributed by atoms with Crippen molar-refractivity contribution in [3.63, 3.8) is 0 Å². The number of carboxylic acid groups (broad SMARTS) is 1. The van der Waals surface area contributed by atoms with E-state index in [4.69, 9.17) is 9.15 Å². The Morgan fingerprint density at radius 1 is 0.973 bits per heavy atom. The second-order valence-corrected chi connectivity index (χ2v) is 9.31. The van der Waals surface area contributed by atoms with Gasteiger partial charge in [-0.1, -0.05) is 48.9 Å². The Balaban J connectivity index is 1.60. The van der Waals surface area contributed by atoms with Crippen LogP contribution in [-0.4, -0.2) is 39.2 Å². The lowest BCUT2D eigenvalue weighted by Crippen LogP contribution is -2.34. The summed E-state index contributed by atoms with van der Waals surface area (Å²) in [6.07, 6.45) is 6.12. The number of rotatable bonds is 6. The van der Waals surface area contributed by atoms with Gasteiger partial charge in [0.25, 0.3) is 0 Å². The Morgan fingerprint density at radius 3 is 2.46 bits per heavy atom. The summed E-state index contributed by atoms with van der Waals surface area (Å²) < 4.78 is 11.9. The number of furan rings is 1. The van der Waals surface area contributed by atoms with Crippen LogP contribution < -0.4 is 4.74 Å². The van der Waals surface area contributed by atoms with Crippen LogP contribution in [0.3, 0.4) is 0 Å². The molecule has 1 aliphatic heterocycles. The molecule has 37 heavy (non-hydrogen) atoms. The zero-order valence-corrected chi connectivity index (χ0v) is 20.1. The zero-order chi connectivity index (χ0) is 25.4. The van der Waals surface area contributed by atoms with E-state index in [2.05, 4.69) is 9.88 Å². The van der Waals surface area contributed by atoms with Crippen molar-refractivity contribution < 1.29 is 24.2 Å². The van der Waals surface area contributed by atoms with E-state index in [9.17, 15) is 15.0 Å². The van der Waals surface area contributed by atoms with Crippen LogP contribution in [0.5, 0.6) is 17.4 Å². The van der Waals surface area contributed by atoms with Crippen LogP contribution in [0.15, 0.2) is 83.6 Å². The van der Waals surface area contributed by atoms with Crippen LogP contribution in [0.25, 0.3) is 21.7 Å². The highest BCUT2D eigenvalue weighted by Gasteiger charge is 2.33. The molecule has 1 aliphatic rings. The predicted octanol–water partition coefficient (Wildman–Crippen LogP) is 6.75. The minimum Gasteiger partial charge on any atom is -0.507 e. The molecule has 1 saturated heterocycles. The van der Waals surface area contributed by atoms with Crippen LogP contribution in [0.1, 0.15) is 46.8 Å². The Kier molecular flexibility index (Phi) is 5.98. The van der Waals surface area contributed by atoms with E-state index in [1.807, 2.05) is 66.7 Å². The summed E-state index contributed by atoms with van der Waals surface area (Å²) in [6.45, 7) is 1.63. The summed E-state index contributed by atoms with van der Waals surface area (Å²) in [5.74, 6) is 0.0494. The van der Waals surface area contributed by atoms with Crippen molar-refractivity contribution in [1.82, 2.24) is 9.88 Å². The number of fused-ring (bicyclic) bond motifs is 3. The zero-order valence-electron chi connectivity index (χ0n) is 20.1. The number of pyridine rings is 1. The van der Waals surface area contributed by atoms with Gasteiger partial charge in [-0.2, -0.15) is 0 Å². The number of benzene rings is 3. The van der Waals surface area contributed by atoms with Crippen LogP contribution >= 0.6 is 0 Å². The molecule has 7 heteroatoms. The minimum absolute atomic E-state index is 0.0304. The number of hydrogen-bond donors (Lipinski definition) is 2. The van der Waals surface area contributed by atoms with Gasteiger partial charge in [0.1, 0.15) is 28.9 Å². The van der Waals surface area contributed by atoms with E-state index in [-0.39, 0.29) is 11.3 Å². The summed E-state index contributed by atoms with van der Waals surface area (Å²) in [7, 11) is 0. The lowest BCUT2D eigenvalue weighted by Gasteiger charge is -2.36. The van der Waals surface area contributed by atoms with Crippen LogP contribution in [0.2, 0.25) is 0 Å². The number of piperidine rings is 1. The van der Waals surface area contributed by atoms with Crippen molar-refractivity contribution >= 4 is 27.7 Å². The second kappa shape index (κ2) is 9.59. The normalized spacial score (nSPS) is 15.1. The first-order chi connectivity index (χ1) is 18.1. The van der Waals surface area contributed by atoms with Crippen LogP contribution in [0.4, 0.5) is 0 Å². The molecule has 0 saturated carbocycles. The highest BCUT2D eigenvalue weighted by atomic mass is 16.5. The molecule has 3 heterocycles. The number of para-hydroxylation sites is 1. The van der Waals surface area contributed by atoms with E-state index >= 15 is 0 Å². The largest absolute Gasteiger partial charge is 0.507 e. The molecule has 1 fully saturated rings. The summed E-state index contributed by atoms with van der Waals surface area (Å²) in [4.78, 5) is 19.0. The molecule has 186 valence electrons. The number of ether oxygens (including phenoxy) is 1. The fraction of sp³-hybridized carbons (Fsp3) is 0.200. The van der Waals surface area contributed by atoms with E-state index in [0.717, 1.165) is 37.9 Å². The highest BCUT2D eigenvalue weighted by Crippen LogP contribution is 2.47. The molecule has 0 bridgehead atoms. The van der Waals surface area contributed by atoms with Gasteiger partial charge in [-0.15, -0.1) is 0 Å². The number of aromatic carboxylic acids is 1. The average molecular weight is 495 g/mol. The number of carbonyl (C=O) groups is 1. The number of phenols is 1. The third kappa shape index (κ3) is 4.17. The first kappa shape index (κ1) is 23.1. The topological polar surface area (TPSA) is 96.0 Å². The first-order valence-corrected chi connectivity index (χ1v) is 12.4. The maximum atomic E-state index is 12.3. The summed E-state index contributed by atoms with van der Waals surface area (Å²) >= 11 is 0. The highest BCUT2D eigenvalue weighted by molar-refractivity contribution is 6.15. The lowest BCUT2D eigenvalue weighted by molar-refractivity contribution is 0.0698.